The Bertz CT molecular complexity index is 789. The van der Waals surface area contributed by atoms with Crippen molar-refractivity contribution < 1.29 is 9.59 Å². The van der Waals surface area contributed by atoms with E-state index < -0.39 is 0 Å². The van der Waals surface area contributed by atoms with E-state index in [1.807, 2.05) is 30.3 Å². The minimum Gasteiger partial charge on any atom is -0.352 e. The number of carbonyl (C=O) groups is 2. The zero-order valence-electron chi connectivity index (χ0n) is 16.7. The van der Waals surface area contributed by atoms with E-state index in [0.29, 0.717) is 18.0 Å². The lowest BCUT2D eigenvalue weighted by Gasteiger charge is -2.22. The normalized spacial score (nSPS) is 17.9. The van der Waals surface area contributed by atoms with E-state index in [1.54, 1.807) is 0 Å². The van der Waals surface area contributed by atoms with Crippen molar-refractivity contribution >= 4 is 11.8 Å². The first-order valence-corrected chi connectivity index (χ1v) is 9.92. The van der Waals surface area contributed by atoms with Crippen molar-refractivity contribution in [1.82, 2.24) is 15.5 Å². The van der Waals surface area contributed by atoms with E-state index in [4.69, 9.17) is 0 Å². The fourth-order valence-corrected chi connectivity index (χ4v) is 3.66. The van der Waals surface area contributed by atoms with Gasteiger partial charge in [-0.05, 0) is 49.1 Å². The average Bonchev–Trinajstić information content (AvgIpc) is 3.16. The molecule has 3 rings (SSSR count). The SMILES string of the molecule is CC(=O)NCc1ccc(C(=O)NC(C)C2CCN(Cc3ccccc3)C2)cc1. The van der Waals surface area contributed by atoms with Crippen molar-refractivity contribution in [2.75, 3.05) is 13.1 Å². The highest BCUT2D eigenvalue weighted by Gasteiger charge is 2.28. The molecule has 5 nitrogen and oxygen atoms in total. The molecule has 148 valence electrons. The summed E-state index contributed by atoms with van der Waals surface area (Å²) in [6.45, 7) is 7.11. The third-order valence-electron chi connectivity index (χ3n) is 5.38. The molecular weight excluding hydrogens is 350 g/mol. The van der Waals surface area contributed by atoms with Crippen LogP contribution in [0.15, 0.2) is 54.6 Å². The van der Waals surface area contributed by atoms with E-state index in [9.17, 15) is 9.59 Å². The number of nitrogens with one attached hydrogen (secondary N) is 2. The summed E-state index contributed by atoms with van der Waals surface area (Å²) in [6.07, 6.45) is 1.10. The van der Waals surface area contributed by atoms with Crippen molar-refractivity contribution in [3.63, 3.8) is 0 Å². The molecule has 0 saturated carbocycles. The molecule has 2 amide bonds. The number of likely N-dealkylation sites (tertiary alicyclic amines) is 1. The van der Waals surface area contributed by atoms with Gasteiger partial charge in [0, 0.05) is 38.2 Å². The number of rotatable bonds is 7. The molecule has 0 spiro atoms. The summed E-state index contributed by atoms with van der Waals surface area (Å²) < 4.78 is 0. The topological polar surface area (TPSA) is 61.4 Å². The summed E-state index contributed by atoms with van der Waals surface area (Å²) in [7, 11) is 0. The van der Waals surface area contributed by atoms with Gasteiger partial charge in [0.2, 0.25) is 5.91 Å². The van der Waals surface area contributed by atoms with Crippen LogP contribution in [0.4, 0.5) is 0 Å². The first kappa shape index (κ1) is 20.1. The molecule has 28 heavy (non-hydrogen) atoms. The van der Waals surface area contributed by atoms with E-state index in [-0.39, 0.29) is 17.9 Å². The predicted octanol–water partition coefficient (Wildman–Crippen LogP) is 2.96. The fraction of sp³-hybridized carbons (Fsp3) is 0.391. The molecular formula is C23H29N3O2. The van der Waals surface area contributed by atoms with Crippen molar-refractivity contribution in [2.45, 2.75) is 39.4 Å². The van der Waals surface area contributed by atoms with Crippen LogP contribution in [-0.2, 0) is 17.9 Å². The molecule has 1 aliphatic rings. The minimum atomic E-state index is -0.0616. The first-order valence-electron chi connectivity index (χ1n) is 9.92. The van der Waals surface area contributed by atoms with Gasteiger partial charge in [0.1, 0.15) is 0 Å². The third-order valence-corrected chi connectivity index (χ3v) is 5.38. The Morgan fingerprint density at radius 1 is 1.07 bits per heavy atom. The van der Waals surface area contributed by atoms with Crippen LogP contribution in [0.25, 0.3) is 0 Å². The van der Waals surface area contributed by atoms with Crippen LogP contribution in [0, 0.1) is 5.92 Å². The Morgan fingerprint density at radius 2 is 1.79 bits per heavy atom. The summed E-state index contributed by atoms with van der Waals surface area (Å²) in [5.41, 5.74) is 2.96. The van der Waals surface area contributed by atoms with E-state index in [1.165, 1.54) is 12.5 Å². The highest BCUT2D eigenvalue weighted by Crippen LogP contribution is 2.22. The molecule has 2 N–H and O–H groups in total. The Balaban J connectivity index is 1.48. The molecule has 0 radical (unpaired) electrons. The number of hydrogen-bond donors (Lipinski definition) is 2. The summed E-state index contributed by atoms with van der Waals surface area (Å²) in [4.78, 5) is 26.0. The molecule has 1 saturated heterocycles. The summed E-state index contributed by atoms with van der Waals surface area (Å²) >= 11 is 0. The van der Waals surface area contributed by atoms with Crippen LogP contribution in [0.5, 0.6) is 0 Å². The molecule has 2 unspecified atom stereocenters. The second-order valence-corrected chi connectivity index (χ2v) is 7.64. The van der Waals surface area contributed by atoms with E-state index >= 15 is 0 Å². The van der Waals surface area contributed by atoms with Crippen molar-refractivity contribution in [2.24, 2.45) is 5.92 Å². The van der Waals surface area contributed by atoms with Gasteiger partial charge < -0.3 is 10.6 Å². The number of carbonyl (C=O) groups excluding carboxylic acids is 2. The highest BCUT2D eigenvalue weighted by atomic mass is 16.2. The van der Waals surface area contributed by atoms with Crippen LogP contribution in [0.3, 0.4) is 0 Å². The number of amides is 2. The maximum Gasteiger partial charge on any atom is 0.251 e. The molecule has 2 aromatic carbocycles. The van der Waals surface area contributed by atoms with Gasteiger partial charge >= 0.3 is 0 Å². The molecule has 2 atom stereocenters. The van der Waals surface area contributed by atoms with Crippen molar-refractivity contribution in [3.05, 3.63) is 71.3 Å². The van der Waals surface area contributed by atoms with Crippen LogP contribution >= 0.6 is 0 Å². The van der Waals surface area contributed by atoms with Gasteiger partial charge in [0.25, 0.3) is 5.91 Å². The van der Waals surface area contributed by atoms with Gasteiger partial charge in [0.05, 0.1) is 0 Å². The molecule has 1 aliphatic heterocycles. The quantitative estimate of drug-likeness (QED) is 0.778. The number of nitrogens with zero attached hydrogens (tertiary/aromatic N) is 1. The average molecular weight is 380 g/mol. The molecule has 1 heterocycles. The lowest BCUT2D eigenvalue weighted by molar-refractivity contribution is -0.119. The summed E-state index contributed by atoms with van der Waals surface area (Å²) in [6, 6.07) is 18.0. The third kappa shape index (κ3) is 5.67. The maximum atomic E-state index is 12.6. The predicted molar refractivity (Wildman–Crippen MR) is 111 cm³/mol. The minimum absolute atomic E-state index is 0.0416. The van der Waals surface area contributed by atoms with Crippen LogP contribution in [-0.4, -0.2) is 35.8 Å². The van der Waals surface area contributed by atoms with Gasteiger partial charge in [-0.25, -0.2) is 0 Å². The largest absolute Gasteiger partial charge is 0.352 e. The van der Waals surface area contributed by atoms with E-state index in [0.717, 1.165) is 31.6 Å². The lowest BCUT2D eigenvalue weighted by Crippen LogP contribution is -2.39. The first-order chi connectivity index (χ1) is 13.5. The molecule has 2 aromatic rings. The Labute approximate surface area is 167 Å². The Kier molecular flexibility index (Phi) is 6.82. The second-order valence-electron chi connectivity index (χ2n) is 7.64. The smallest absolute Gasteiger partial charge is 0.251 e. The van der Waals surface area contributed by atoms with Gasteiger partial charge in [0.15, 0.2) is 0 Å². The lowest BCUT2D eigenvalue weighted by atomic mass is 10.00. The van der Waals surface area contributed by atoms with Crippen molar-refractivity contribution in [1.29, 1.82) is 0 Å². The highest BCUT2D eigenvalue weighted by molar-refractivity contribution is 5.94. The van der Waals surface area contributed by atoms with Crippen LogP contribution in [0.2, 0.25) is 0 Å². The monoisotopic (exact) mass is 379 g/mol. The number of benzene rings is 2. The summed E-state index contributed by atoms with van der Waals surface area (Å²) in [5, 5.41) is 5.91. The zero-order chi connectivity index (χ0) is 19.9. The standard InChI is InChI=1S/C23H29N3O2/c1-17(22-12-13-26(16-22)15-20-6-4-3-5-7-20)25-23(28)21-10-8-19(9-11-21)14-24-18(2)27/h3-11,17,22H,12-16H2,1-2H3,(H,24,27)(H,25,28). The van der Waals surface area contributed by atoms with Gasteiger partial charge in [-0.3, -0.25) is 14.5 Å². The van der Waals surface area contributed by atoms with Gasteiger partial charge in [-0.1, -0.05) is 42.5 Å². The summed E-state index contributed by atoms with van der Waals surface area (Å²) in [5.74, 6) is 0.361. The number of hydrogen-bond acceptors (Lipinski definition) is 3. The molecule has 1 fully saturated rings. The van der Waals surface area contributed by atoms with Crippen LogP contribution < -0.4 is 10.6 Å². The second kappa shape index (κ2) is 9.51. The molecule has 0 aliphatic carbocycles. The Morgan fingerprint density at radius 3 is 2.46 bits per heavy atom. The van der Waals surface area contributed by atoms with Gasteiger partial charge in [-0.15, -0.1) is 0 Å². The van der Waals surface area contributed by atoms with Gasteiger partial charge in [-0.2, -0.15) is 0 Å². The fourth-order valence-electron chi connectivity index (χ4n) is 3.66. The molecule has 0 aromatic heterocycles. The maximum absolute atomic E-state index is 12.6. The van der Waals surface area contributed by atoms with Crippen LogP contribution in [0.1, 0.15) is 41.8 Å². The molecule has 5 heteroatoms. The van der Waals surface area contributed by atoms with E-state index in [2.05, 4.69) is 46.7 Å². The Hall–Kier alpha value is -2.66. The zero-order valence-corrected chi connectivity index (χ0v) is 16.7. The van der Waals surface area contributed by atoms with Crippen molar-refractivity contribution in [3.8, 4) is 0 Å². The molecule has 0 bridgehead atoms.